The fourth-order valence-electron chi connectivity index (χ4n) is 2.83. The molecule has 0 atom stereocenters. The summed E-state index contributed by atoms with van der Waals surface area (Å²) >= 11 is 5.94. The number of carbonyl (C=O) groups excluding carboxylic acids is 1. The molecule has 0 saturated carbocycles. The van der Waals surface area contributed by atoms with Crippen molar-refractivity contribution in [3.8, 4) is 0 Å². The molecule has 0 aliphatic carbocycles. The summed E-state index contributed by atoms with van der Waals surface area (Å²) in [6.45, 7) is 0.251. The Morgan fingerprint density at radius 2 is 1.89 bits per heavy atom. The summed E-state index contributed by atoms with van der Waals surface area (Å²) in [6, 6.07) is 15.0. The highest BCUT2D eigenvalue weighted by atomic mass is 35.5. The topological polar surface area (TPSA) is 96.3 Å². The minimum Gasteiger partial charge on any atom is -0.438 e. The summed E-state index contributed by atoms with van der Waals surface area (Å²) in [5.41, 5.74) is 0.765. The van der Waals surface area contributed by atoms with Crippen LogP contribution >= 0.6 is 11.6 Å². The number of rotatable bonds is 3. The van der Waals surface area contributed by atoms with Gasteiger partial charge in [-0.1, -0.05) is 23.7 Å². The molecule has 0 saturated heterocycles. The van der Waals surface area contributed by atoms with Crippen molar-refractivity contribution < 1.29 is 13.6 Å². The Kier molecular flexibility index (Phi) is 4.25. The maximum Gasteiger partial charge on any atom is 0.336 e. The van der Waals surface area contributed by atoms with Crippen molar-refractivity contribution in [3.63, 3.8) is 0 Å². The van der Waals surface area contributed by atoms with Gasteiger partial charge in [0.1, 0.15) is 16.7 Å². The predicted octanol–water partition coefficient (Wildman–Crippen LogP) is 3.60. The molecule has 0 radical (unpaired) electrons. The zero-order valence-electron chi connectivity index (χ0n) is 13.9. The number of nitrogens with one attached hydrogen (secondary N) is 2. The van der Waals surface area contributed by atoms with Crippen LogP contribution in [0.4, 0.5) is 0 Å². The minimum atomic E-state index is -0.503. The quantitative estimate of drug-likeness (QED) is 0.419. The Labute approximate surface area is 157 Å². The van der Waals surface area contributed by atoms with Gasteiger partial charge >= 0.3 is 5.63 Å². The second kappa shape index (κ2) is 6.74. The number of benzene rings is 2. The molecule has 2 heterocycles. The SMILES string of the molecule is N=c1oc2ccc3ccc(=O)oc3c2cc1C(=O)NCc1cccc(Cl)c1. The van der Waals surface area contributed by atoms with Crippen LogP contribution in [0.25, 0.3) is 21.9 Å². The molecular weight excluding hydrogens is 368 g/mol. The number of amides is 1. The highest BCUT2D eigenvalue weighted by Crippen LogP contribution is 2.24. The van der Waals surface area contributed by atoms with Crippen LogP contribution in [0.5, 0.6) is 0 Å². The van der Waals surface area contributed by atoms with Crippen LogP contribution in [0, 0.1) is 5.41 Å². The first-order chi connectivity index (χ1) is 13.0. The van der Waals surface area contributed by atoms with E-state index in [1.807, 2.05) is 6.07 Å². The van der Waals surface area contributed by atoms with E-state index in [1.54, 1.807) is 36.4 Å². The highest BCUT2D eigenvalue weighted by Gasteiger charge is 2.14. The zero-order chi connectivity index (χ0) is 19.0. The average Bonchev–Trinajstić information content (AvgIpc) is 2.65. The summed E-state index contributed by atoms with van der Waals surface area (Å²) in [5.74, 6) is -0.471. The average molecular weight is 381 g/mol. The molecular formula is C20H13ClN2O4. The van der Waals surface area contributed by atoms with E-state index in [4.69, 9.17) is 25.8 Å². The third-order valence-electron chi connectivity index (χ3n) is 4.12. The lowest BCUT2D eigenvalue weighted by Crippen LogP contribution is -2.27. The summed E-state index contributed by atoms with van der Waals surface area (Å²) in [7, 11) is 0. The Morgan fingerprint density at radius 3 is 2.70 bits per heavy atom. The van der Waals surface area contributed by atoms with E-state index >= 15 is 0 Å². The van der Waals surface area contributed by atoms with Gasteiger partial charge in [-0.15, -0.1) is 0 Å². The van der Waals surface area contributed by atoms with Crippen LogP contribution in [-0.4, -0.2) is 5.91 Å². The molecule has 7 heteroatoms. The van der Waals surface area contributed by atoms with Gasteiger partial charge in [0.25, 0.3) is 5.91 Å². The molecule has 0 aliphatic heterocycles. The van der Waals surface area contributed by atoms with Gasteiger partial charge < -0.3 is 14.2 Å². The number of halogens is 1. The van der Waals surface area contributed by atoms with Crippen molar-refractivity contribution >= 4 is 39.4 Å². The molecule has 27 heavy (non-hydrogen) atoms. The van der Waals surface area contributed by atoms with Crippen LogP contribution in [-0.2, 0) is 6.54 Å². The lowest BCUT2D eigenvalue weighted by Gasteiger charge is -2.07. The van der Waals surface area contributed by atoms with Gasteiger partial charge in [0.2, 0.25) is 5.55 Å². The lowest BCUT2D eigenvalue weighted by atomic mass is 10.1. The van der Waals surface area contributed by atoms with Crippen LogP contribution in [0.15, 0.2) is 68.2 Å². The molecule has 2 N–H and O–H groups in total. The van der Waals surface area contributed by atoms with Gasteiger partial charge in [-0.2, -0.15) is 0 Å². The molecule has 2 aromatic heterocycles. The van der Waals surface area contributed by atoms with Gasteiger partial charge in [-0.3, -0.25) is 10.2 Å². The van der Waals surface area contributed by atoms with Gasteiger partial charge in [0, 0.05) is 23.0 Å². The van der Waals surface area contributed by atoms with Gasteiger partial charge in [-0.25, -0.2) is 4.79 Å². The fourth-order valence-corrected chi connectivity index (χ4v) is 3.04. The van der Waals surface area contributed by atoms with E-state index in [2.05, 4.69) is 5.32 Å². The van der Waals surface area contributed by atoms with Gasteiger partial charge in [-0.05, 0) is 42.0 Å². The third-order valence-corrected chi connectivity index (χ3v) is 4.36. The molecule has 6 nitrogen and oxygen atoms in total. The van der Waals surface area contributed by atoms with Crippen molar-refractivity contribution in [2.24, 2.45) is 0 Å². The largest absolute Gasteiger partial charge is 0.438 e. The second-order valence-corrected chi connectivity index (χ2v) is 6.39. The molecule has 4 rings (SSSR count). The number of carbonyl (C=O) groups is 1. The van der Waals surface area contributed by atoms with E-state index in [-0.39, 0.29) is 17.7 Å². The molecule has 0 unspecified atom stereocenters. The molecule has 2 aromatic carbocycles. The maximum absolute atomic E-state index is 12.6. The van der Waals surface area contributed by atoms with Gasteiger partial charge in [0.05, 0.1) is 5.39 Å². The van der Waals surface area contributed by atoms with E-state index in [0.717, 1.165) is 5.56 Å². The second-order valence-electron chi connectivity index (χ2n) is 5.95. The van der Waals surface area contributed by atoms with E-state index < -0.39 is 11.5 Å². The first-order valence-electron chi connectivity index (χ1n) is 8.09. The standard InChI is InChI=1S/C20H13ClN2O4/c21-13-3-1-2-11(8-13)10-23-20(25)15-9-14-16(26-19(15)22)6-4-12-5-7-17(24)27-18(12)14/h1-9,22H,10H2,(H,23,25). The molecule has 134 valence electrons. The lowest BCUT2D eigenvalue weighted by molar-refractivity contribution is 0.0946. The van der Waals surface area contributed by atoms with Crippen LogP contribution < -0.4 is 16.5 Å². The van der Waals surface area contributed by atoms with Crippen LogP contribution in [0.3, 0.4) is 0 Å². The predicted molar refractivity (Wildman–Crippen MR) is 101 cm³/mol. The summed E-state index contributed by atoms with van der Waals surface area (Å²) < 4.78 is 10.7. The molecule has 4 aromatic rings. The first-order valence-corrected chi connectivity index (χ1v) is 8.47. The van der Waals surface area contributed by atoms with E-state index in [1.165, 1.54) is 12.1 Å². The van der Waals surface area contributed by atoms with Crippen LogP contribution in [0.2, 0.25) is 5.02 Å². The van der Waals surface area contributed by atoms with Crippen LogP contribution in [0.1, 0.15) is 15.9 Å². The Balaban J connectivity index is 1.74. The van der Waals surface area contributed by atoms with Gasteiger partial charge in [0.15, 0.2) is 0 Å². The summed E-state index contributed by atoms with van der Waals surface area (Å²) in [5, 5.41) is 12.5. The Bertz CT molecular complexity index is 1310. The van der Waals surface area contributed by atoms with Crippen molar-refractivity contribution in [2.45, 2.75) is 6.54 Å². The third kappa shape index (κ3) is 3.35. The summed E-state index contributed by atoms with van der Waals surface area (Å²) in [4.78, 5) is 24.1. The minimum absolute atomic E-state index is 0.0449. The Hall–Kier alpha value is -3.38. The van der Waals surface area contributed by atoms with Crippen molar-refractivity contribution in [2.75, 3.05) is 0 Å². The molecule has 0 spiro atoms. The maximum atomic E-state index is 12.6. The Morgan fingerprint density at radius 1 is 1.07 bits per heavy atom. The van der Waals surface area contributed by atoms with Crippen molar-refractivity contribution in [1.82, 2.24) is 5.32 Å². The number of hydrogen-bond donors (Lipinski definition) is 2. The number of hydrogen-bond acceptors (Lipinski definition) is 5. The van der Waals surface area contributed by atoms with Crippen molar-refractivity contribution in [3.05, 3.63) is 86.7 Å². The first kappa shape index (κ1) is 17.1. The normalized spacial score (nSPS) is 11.0. The molecule has 0 aliphatic rings. The smallest absolute Gasteiger partial charge is 0.336 e. The fraction of sp³-hybridized carbons (Fsp3) is 0.0500. The monoisotopic (exact) mass is 380 g/mol. The summed E-state index contributed by atoms with van der Waals surface area (Å²) in [6.07, 6.45) is 0. The van der Waals surface area contributed by atoms with E-state index in [0.29, 0.717) is 27.0 Å². The molecule has 1 amide bonds. The van der Waals surface area contributed by atoms with Crippen molar-refractivity contribution in [1.29, 1.82) is 5.41 Å². The van der Waals surface area contributed by atoms with E-state index in [9.17, 15) is 9.59 Å². The number of fused-ring (bicyclic) bond motifs is 3. The molecule has 0 bridgehead atoms. The zero-order valence-corrected chi connectivity index (χ0v) is 14.7. The highest BCUT2D eigenvalue weighted by molar-refractivity contribution is 6.30. The molecule has 0 fully saturated rings.